The summed E-state index contributed by atoms with van der Waals surface area (Å²) in [6.45, 7) is 3.04. The summed E-state index contributed by atoms with van der Waals surface area (Å²) in [6, 6.07) is 6.21. The van der Waals surface area contributed by atoms with Gasteiger partial charge in [-0.15, -0.1) is 0 Å². The molecule has 1 aromatic carbocycles. The summed E-state index contributed by atoms with van der Waals surface area (Å²) in [6.07, 6.45) is -4.35. The minimum atomic E-state index is -4.29. The Labute approximate surface area is 115 Å². The third kappa shape index (κ3) is 2.46. The lowest BCUT2D eigenvalue weighted by molar-refractivity contribution is -0.189. The van der Waals surface area contributed by atoms with Gasteiger partial charge in [0.25, 0.3) is 5.91 Å². The minimum absolute atomic E-state index is 0.0583. The Morgan fingerprint density at radius 3 is 2.30 bits per heavy atom. The highest BCUT2D eigenvalue weighted by molar-refractivity contribution is 5.95. The van der Waals surface area contributed by atoms with E-state index in [1.807, 2.05) is 0 Å². The van der Waals surface area contributed by atoms with E-state index in [4.69, 9.17) is 5.73 Å². The number of hydrogen-bond donors (Lipinski definition) is 1. The summed E-state index contributed by atoms with van der Waals surface area (Å²) in [5.41, 5.74) is 5.17. The molecule has 1 amide bonds. The number of nitrogen functional groups attached to an aromatic ring is 1. The number of nitrogens with two attached hydrogens (primary N) is 1. The summed E-state index contributed by atoms with van der Waals surface area (Å²) in [7, 11) is 0. The molecule has 0 aliphatic carbocycles. The highest BCUT2D eigenvalue weighted by Gasteiger charge is 2.56. The summed E-state index contributed by atoms with van der Waals surface area (Å²) in [5, 5.41) is 0. The van der Waals surface area contributed by atoms with Crippen LogP contribution in [0.15, 0.2) is 24.3 Å². The lowest BCUT2D eigenvalue weighted by atomic mass is 9.87. The third-order valence-electron chi connectivity index (χ3n) is 3.99. The summed E-state index contributed by atoms with van der Waals surface area (Å²) in [4.78, 5) is 13.7. The zero-order valence-corrected chi connectivity index (χ0v) is 11.4. The van der Waals surface area contributed by atoms with Gasteiger partial charge in [-0.3, -0.25) is 4.79 Å². The van der Waals surface area contributed by atoms with Crippen LogP contribution in [-0.2, 0) is 0 Å². The molecule has 1 aliphatic heterocycles. The van der Waals surface area contributed by atoms with Crippen LogP contribution in [0.25, 0.3) is 0 Å². The summed E-state index contributed by atoms with van der Waals surface area (Å²) >= 11 is 0. The molecular weight excluding hydrogens is 269 g/mol. The SMILES string of the molecule is CC1(C)C(C(F)(F)F)CCN1C(=O)c1ccc(N)cc1. The number of rotatable bonds is 1. The van der Waals surface area contributed by atoms with Crippen molar-refractivity contribution in [3.8, 4) is 0 Å². The van der Waals surface area contributed by atoms with Gasteiger partial charge in [0, 0.05) is 23.3 Å². The normalized spacial score (nSPS) is 22.1. The molecule has 20 heavy (non-hydrogen) atoms. The average molecular weight is 286 g/mol. The van der Waals surface area contributed by atoms with Crippen molar-refractivity contribution in [1.82, 2.24) is 4.90 Å². The van der Waals surface area contributed by atoms with Gasteiger partial charge in [0.2, 0.25) is 0 Å². The number of carbonyl (C=O) groups is 1. The molecule has 0 radical (unpaired) electrons. The maximum atomic E-state index is 13.0. The first kappa shape index (κ1) is 14.7. The first-order valence-electron chi connectivity index (χ1n) is 6.38. The Balaban J connectivity index is 2.26. The third-order valence-corrected chi connectivity index (χ3v) is 3.99. The van der Waals surface area contributed by atoms with Crippen LogP contribution in [-0.4, -0.2) is 29.1 Å². The molecule has 0 spiro atoms. The van der Waals surface area contributed by atoms with Crippen LogP contribution >= 0.6 is 0 Å². The number of carbonyl (C=O) groups excluding carboxylic acids is 1. The van der Waals surface area contributed by atoms with Crippen LogP contribution in [0.4, 0.5) is 18.9 Å². The quantitative estimate of drug-likeness (QED) is 0.806. The second-order valence-corrected chi connectivity index (χ2v) is 5.62. The molecule has 1 aliphatic rings. The van der Waals surface area contributed by atoms with Crippen molar-refractivity contribution >= 4 is 11.6 Å². The van der Waals surface area contributed by atoms with E-state index < -0.39 is 17.6 Å². The number of benzene rings is 1. The predicted molar refractivity (Wildman–Crippen MR) is 70.1 cm³/mol. The van der Waals surface area contributed by atoms with Crippen LogP contribution in [0.5, 0.6) is 0 Å². The Morgan fingerprint density at radius 2 is 1.85 bits per heavy atom. The van der Waals surface area contributed by atoms with Crippen LogP contribution in [0, 0.1) is 5.92 Å². The lowest BCUT2D eigenvalue weighted by Gasteiger charge is -2.36. The van der Waals surface area contributed by atoms with Gasteiger partial charge in [0.15, 0.2) is 0 Å². The van der Waals surface area contributed by atoms with E-state index >= 15 is 0 Å². The minimum Gasteiger partial charge on any atom is -0.399 e. The first-order chi connectivity index (χ1) is 9.14. The van der Waals surface area contributed by atoms with E-state index in [9.17, 15) is 18.0 Å². The number of amides is 1. The molecule has 1 heterocycles. The van der Waals surface area contributed by atoms with Crippen molar-refractivity contribution in [3.05, 3.63) is 29.8 Å². The Bertz CT molecular complexity index is 508. The molecule has 1 unspecified atom stereocenters. The number of anilines is 1. The largest absolute Gasteiger partial charge is 0.399 e. The van der Waals surface area contributed by atoms with Gasteiger partial charge in [-0.2, -0.15) is 13.2 Å². The molecule has 2 rings (SSSR count). The fourth-order valence-electron chi connectivity index (χ4n) is 2.80. The van der Waals surface area contributed by atoms with Gasteiger partial charge in [0.05, 0.1) is 5.92 Å². The van der Waals surface area contributed by atoms with E-state index in [0.29, 0.717) is 11.3 Å². The van der Waals surface area contributed by atoms with E-state index in [1.165, 1.54) is 30.9 Å². The molecule has 0 bridgehead atoms. The molecule has 6 heteroatoms. The lowest BCUT2D eigenvalue weighted by Crippen LogP contribution is -2.49. The van der Waals surface area contributed by atoms with E-state index in [-0.39, 0.29) is 18.9 Å². The maximum Gasteiger partial charge on any atom is 0.394 e. The van der Waals surface area contributed by atoms with E-state index in [1.54, 1.807) is 12.1 Å². The van der Waals surface area contributed by atoms with Crippen molar-refractivity contribution in [3.63, 3.8) is 0 Å². The van der Waals surface area contributed by atoms with Gasteiger partial charge in [-0.05, 0) is 44.5 Å². The highest BCUT2D eigenvalue weighted by Crippen LogP contribution is 2.45. The maximum absolute atomic E-state index is 13.0. The molecule has 0 saturated carbocycles. The van der Waals surface area contributed by atoms with Crippen molar-refractivity contribution in [1.29, 1.82) is 0 Å². The topological polar surface area (TPSA) is 46.3 Å². The Hall–Kier alpha value is -1.72. The predicted octanol–water partition coefficient (Wildman–Crippen LogP) is 3.07. The monoisotopic (exact) mass is 286 g/mol. The van der Waals surface area contributed by atoms with Crippen molar-refractivity contribution in [2.75, 3.05) is 12.3 Å². The molecule has 110 valence electrons. The van der Waals surface area contributed by atoms with Crippen LogP contribution < -0.4 is 5.73 Å². The van der Waals surface area contributed by atoms with Crippen LogP contribution in [0.2, 0.25) is 0 Å². The molecule has 1 saturated heterocycles. The van der Waals surface area contributed by atoms with Gasteiger partial charge < -0.3 is 10.6 Å². The second-order valence-electron chi connectivity index (χ2n) is 5.62. The van der Waals surface area contributed by atoms with Crippen molar-refractivity contribution < 1.29 is 18.0 Å². The number of alkyl halides is 3. The fourth-order valence-corrected chi connectivity index (χ4v) is 2.80. The molecular formula is C14H17F3N2O. The fraction of sp³-hybridized carbons (Fsp3) is 0.500. The summed E-state index contributed by atoms with van der Waals surface area (Å²) < 4.78 is 39.0. The van der Waals surface area contributed by atoms with Gasteiger partial charge in [-0.1, -0.05) is 0 Å². The zero-order valence-electron chi connectivity index (χ0n) is 11.4. The number of likely N-dealkylation sites (tertiary alicyclic amines) is 1. The standard InChI is InChI=1S/C14H17F3N2O/c1-13(2)11(14(15,16)17)7-8-19(13)12(20)9-3-5-10(18)6-4-9/h3-6,11H,7-8,18H2,1-2H3. The Kier molecular flexibility index (Phi) is 3.44. The number of hydrogen-bond acceptors (Lipinski definition) is 2. The first-order valence-corrected chi connectivity index (χ1v) is 6.38. The van der Waals surface area contributed by atoms with Gasteiger partial charge in [-0.25, -0.2) is 0 Å². The molecule has 0 aromatic heterocycles. The average Bonchev–Trinajstić information content (AvgIpc) is 2.64. The summed E-state index contributed by atoms with van der Waals surface area (Å²) in [5.74, 6) is -1.88. The molecule has 2 N–H and O–H groups in total. The molecule has 3 nitrogen and oxygen atoms in total. The molecule has 1 fully saturated rings. The highest BCUT2D eigenvalue weighted by atomic mass is 19.4. The van der Waals surface area contributed by atoms with Crippen LogP contribution in [0.1, 0.15) is 30.6 Å². The van der Waals surface area contributed by atoms with Crippen LogP contribution in [0.3, 0.4) is 0 Å². The van der Waals surface area contributed by atoms with Crippen molar-refractivity contribution in [2.24, 2.45) is 5.92 Å². The smallest absolute Gasteiger partial charge is 0.394 e. The number of halogens is 3. The van der Waals surface area contributed by atoms with E-state index in [0.717, 1.165) is 0 Å². The van der Waals surface area contributed by atoms with E-state index in [2.05, 4.69) is 0 Å². The van der Waals surface area contributed by atoms with Gasteiger partial charge >= 0.3 is 6.18 Å². The number of nitrogens with zero attached hydrogens (tertiary/aromatic N) is 1. The Morgan fingerprint density at radius 1 is 1.30 bits per heavy atom. The molecule has 1 aromatic rings. The molecule has 1 atom stereocenters. The second kappa shape index (κ2) is 4.68. The van der Waals surface area contributed by atoms with Crippen molar-refractivity contribution in [2.45, 2.75) is 32.0 Å². The van der Waals surface area contributed by atoms with Gasteiger partial charge in [0.1, 0.15) is 0 Å². The zero-order chi connectivity index (χ0) is 15.1.